The number of nitrogens with zero attached hydrogens (tertiary/aromatic N) is 3. The van der Waals surface area contributed by atoms with Crippen LogP contribution in [0, 0.1) is 0 Å². The van der Waals surface area contributed by atoms with E-state index in [1.807, 2.05) is 12.1 Å². The van der Waals surface area contributed by atoms with Crippen LogP contribution in [-0.4, -0.2) is 20.5 Å². The Morgan fingerprint density at radius 2 is 2.00 bits per heavy atom. The maximum Gasteiger partial charge on any atom is 0.161 e. The van der Waals surface area contributed by atoms with Crippen molar-refractivity contribution in [1.82, 2.24) is 14.8 Å². The van der Waals surface area contributed by atoms with Crippen LogP contribution in [0.15, 0.2) is 35.3 Å². The van der Waals surface area contributed by atoms with Crippen LogP contribution in [0.5, 0.6) is 0 Å². The molecule has 0 bridgehead atoms. The van der Waals surface area contributed by atoms with Crippen molar-refractivity contribution < 1.29 is 4.79 Å². The van der Waals surface area contributed by atoms with Crippen LogP contribution < -0.4 is 0 Å². The summed E-state index contributed by atoms with van der Waals surface area (Å²) in [5, 5.41) is 7.42. The summed E-state index contributed by atoms with van der Waals surface area (Å²) in [6.45, 7) is 1.54. The van der Waals surface area contributed by atoms with Crippen molar-refractivity contribution in [3.63, 3.8) is 0 Å². The quantitative estimate of drug-likeness (QED) is 0.783. The summed E-state index contributed by atoms with van der Waals surface area (Å²) in [7, 11) is 0. The number of halogens is 1. The van der Waals surface area contributed by atoms with E-state index in [1.54, 1.807) is 23.3 Å². The SMILES string of the molecule is CC(=O)c1cc(Br)ccc1-n1cnnc1. The van der Waals surface area contributed by atoms with Gasteiger partial charge in [0.1, 0.15) is 12.7 Å². The van der Waals surface area contributed by atoms with Crippen molar-refractivity contribution in [3.8, 4) is 5.69 Å². The highest BCUT2D eigenvalue weighted by atomic mass is 79.9. The summed E-state index contributed by atoms with van der Waals surface area (Å²) < 4.78 is 2.59. The molecule has 0 unspecified atom stereocenters. The normalized spacial score (nSPS) is 10.3. The number of ketones is 1. The molecule has 5 heteroatoms. The zero-order chi connectivity index (χ0) is 10.8. The molecule has 15 heavy (non-hydrogen) atoms. The van der Waals surface area contributed by atoms with Gasteiger partial charge in [0.15, 0.2) is 5.78 Å². The fourth-order valence-corrected chi connectivity index (χ4v) is 1.70. The Hall–Kier alpha value is -1.49. The highest BCUT2D eigenvalue weighted by molar-refractivity contribution is 9.10. The molecule has 0 atom stereocenters. The first kappa shape index (κ1) is 10.0. The molecule has 1 aromatic heterocycles. The fraction of sp³-hybridized carbons (Fsp3) is 0.100. The van der Waals surface area contributed by atoms with E-state index < -0.39 is 0 Å². The molecule has 0 saturated heterocycles. The molecule has 0 spiro atoms. The highest BCUT2D eigenvalue weighted by Gasteiger charge is 2.09. The third-order valence-corrected chi connectivity index (χ3v) is 2.53. The van der Waals surface area contributed by atoms with Gasteiger partial charge in [-0.2, -0.15) is 0 Å². The van der Waals surface area contributed by atoms with Crippen molar-refractivity contribution in [2.45, 2.75) is 6.92 Å². The van der Waals surface area contributed by atoms with Gasteiger partial charge in [0.05, 0.1) is 5.69 Å². The molecule has 0 aliphatic carbocycles. The second kappa shape index (κ2) is 3.94. The van der Waals surface area contributed by atoms with Crippen molar-refractivity contribution in [2.24, 2.45) is 0 Å². The molecule has 0 aliphatic heterocycles. The minimum Gasteiger partial charge on any atom is -0.294 e. The van der Waals surface area contributed by atoms with Crippen LogP contribution in [0.4, 0.5) is 0 Å². The molecule has 1 aromatic carbocycles. The van der Waals surface area contributed by atoms with Crippen LogP contribution >= 0.6 is 15.9 Å². The van der Waals surface area contributed by atoms with Gasteiger partial charge in [-0.05, 0) is 25.1 Å². The molecular weight excluding hydrogens is 258 g/mol. The first-order chi connectivity index (χ1) is 7.18. The van der Waals surface area contributed by atoms with Crippen molar-refractivity contribution in [2.75, 3.05) is 0 Å². The summed E-state index contributed by atoms with van der Waals surface area (Å²) in [5.41, 5.74) is 1.43. The number of benzene rings is 1. The van der Waals surface area contributed by atoms with E-state index in [9.17, 15) is 4.79 Å². The topological polar surface area (TPSA) is 47.8 Å². The molecule has 0 radical (unpaired) electrons. The average molecular weight is 266 g/mol. The molecule has 0 saturated carbocycles. The van der Waals surface area contributed by atoms with Gasteiger partial charge >= 0.3 is 0 Å². The Balaban J connectivity index is 2.61. The molecular formula is C10H8BrN3O. The minimum atomic E-state index is 0.0139. The number of aromatic nitrogens is 3. The van der Waals surface area contributed by atoms with Gasteiger partial charge in [0.2, 0.25) is 0 Å². The summed E-state index contributed by atoms with van der Waals surface area (Å²) in [4.78, 5) is 11.4. The lowest BCUT2D eigenvalue weighted by atomic mass is 10.1. The lowest BCUT2D eigenvalue weighted by Crippen LogP contribution is -2.01. The zero-order valence-electron chi connectivity index (χ0n) is 8.01. The number of rotatable bonds is 2. The molecule has 0 amide bonds. The first-order valence-electron chi connectivity index (χ1n) is 4.34. The third kappa shape index (κ3) is 1.97. The van der Waals surface area contributed by atoms with Crippen molar-refractivity contribution in [1.29, 1.82) is 0 Å². The van der Waals surface area contributed by atoms with Gasteiger partial charge in [0, 0.05) is 10.0 Å². The Labute approximate surface area is 95.1 Å². The molecule has 2 aromatic rings. The minimum absolute atomic E-state index is 0.0139. The van der Waals surface area contributed by atoms with E-state index in [0.29, 0.717) is 5.56 Å². The molecule has 2 rings (SSSR count). The van der Waals surface area contributed by atoms with Crippen LogP contribution in [0.25, 0.3) is 5.69 Å². The maximum absolute atomic E-state index is 11.4. The standard InChI is InChI=1S/C10H8BrN3O/c1-7(15)9-4-8(11)2-3-10(9)14-5-12-13-6-14/h2-6H,1H3. The van der Waals surface area contributed by atoms with Crippen LogP contribution in [0.2, 0.25) is 0 Å². The summed E-state index contributed by atoms with van der Waals surface area (Å²) >= 11 is 3.34. The lowest BCUT2D eigenvalue weighted by Gasteiger charge is -2.07. The Kier molecular flexibility index (Phi) is 2.64. The van der Waals surface area contributed by atoms with Crippen molar-refractivity contribution in [3.05, 3.63) is 40.9 Å². The van der Waals surface area contributed by atoms with Gasteiger partial charge in [-0.1, -0.05) is 15.9 Å². The van der Waals surface area contributed by atoms with E-state index in [2.05, 4.69) is 26.1 Å². The third-order valence-electron chi connectivity index (χ3n) is 2.03. The first-order valence-corrected chi connectivity index (χ1v) is 5.13. The summed E-state index contributed by atoms with van der Waals surface area (Å²) in [6.07, 6.45) is 3.13. The van der Waals surface area contributed by atoms with Gasteiger partial charge in [-0.3, -0.25) is 9.36 Å². The fourth-order valence-electron chi connectivity index (χ4n) is 1.34. The van der Waals surface area contributed by atoms with E-state index in [-0.39, 0.29) is 5.78 Å². The Morgan fingerprint density at radius 3 is 2.60 bits per heavy atom. The molecule has 4 nitrogen and oxygen atoms in total. The van der Waals surface area contributed by atoms with Gasteiger partial charge in [0.25, 0.3) is 0 Å². The monoisotopic (exact) mass is 265 g/mol. The molecule has 0 aliphatic rings. The average Bonchev–Trinajstić information content (AvgIpc) is 2.70. The van der Waals surface area contributed by atoms with Crippen LogP contribution in [-0.2, 0) is 0 Å². The molecule has 0 fully saturated rings. The van der Waals surface area contributed by atoms with E-state index in [1.165, 1.54) is 6.92 Å². The maximum atomic E-state index is 11.4. The number of hydrogen-bond acceptors (Lipinski definition) is 3. The lowest BCUT2D eigenvalue weighted by molar-refractivity contribution is 0.101. The Bertz CT molecular complexity index is 493. The number of carbonyl (C=O) groups is 1. The summed E-state index contributed by atoms with van der Waals surface area (Å²) in [6, 6.07) is 5.52. The number of Topliss-reactive ketones (excluding diaryl/α,β-unsaturated/α-hetero) is 1. The molecule has 0 N–H and O–H groups in total. The number of carbonyl (C=O) groups excluding carboxylic acids is 1. The molecule has 1 heterocycles. The van der Waals surface area contributed by atoms with Crippen molar-refractivity contribution >= 4 is 21.7 Å². The highest BCUT2D eigenvalue weighted by Crippen LogP contribution is 2.20. The van der Waals surface area contributed by atoms with Gasteiger partial charge in [-0.25, -0.2) is 0 Å². The number of hydrogen-bond donors (Lipinski definition) is 0. The molecule has 76 valence electrons. The van der Waals surface area contributed by atoms with E-state index in [0.717, 1.165) is 10.2 Å². The largest absolute Gasteiger partial charge is 0.294 e. The van der Waals surface area contributed by atoms with Gasteiger partial charge in [-0.15, -0.1) is 10.2 Å². The summed E-state index contributed by atoms with van der Waals surface area (Å²) in [5.74, 6) is 0.0139. The second-order valence-electron chi connectivity index (χ2n) is 3.09. The van der Waals surface area contributed by atoms with Crippen LogP contribution in [0.1, 0.15) is 17.3 Å². The Morgan fingerprint density at radius 1 is 1.33 bits per heavy atom. The van der Waals surface area contributed by atoms with Crippen LogP contribution in [0.3, 0.4) is 0 Å². The predicted molar refractivity (Wildman–Crippen MR) is 59.1 cm³/mol. The zero-order valence-corrected chi connectivity index (χ0v) is 9.60. The smallest absolute Gasteiger partial charge is 0.161 e. The predicted octanol–water partition coefficient (Wildman–Crippen LogP) is 2.23. The van der Waals surface area contributed by atoms with Gasteiger partial charge < -0.3 is 0 Å². The second-order valence-corrected chi connectivity index (χ2v) is 4.00. The van der Waals surface area contributed by atoms with E-state index in [4.69, 9.17) is 0 Å². The van der Waals surface area contributed by atoms with E-state index >= 15 is 0 Å².